The molecule has 0 atom stereocenters. The van der Waals surface area contributed by atoms with Gasteiger partial charge in [-0.1, -0.05) is 19.8 Å². The molecule has 0 aromatic heterocycles. The van der Waals surface area contributed by atoms with Crippen molar-refractivity contribution in [3.63, 3.8) is 0 Å². The van der Waals surface area contributed by atoms with E-state index in [0.29, 0.717) is 112 Å². The summed E-state index contributed by atoms with van der Waals surface area (Å²) in [4.78, 5) is 0. The molecule has 0 aliphatic heterocycles. The molecule has 10 nitrogen and oxygen atoms in total. The highest BCUT2D eigenvalue weighted by molar-refractivity contribution is 4.40. The summed E-state index contributed by atoms with van der Waals surface area (Å²) in [5.74, 6) is 0. The molecule has 34 heavy (non-hydrogen) atoms. The zero-order valence-corrected chi connectivity index (χ0v) is 21.7. The summed E-state index contributed by atoms with van der Waals surface area (Å²) >= 11 is 0. The Labute approximate surface area is 207 Å². The molecule has 0 fully saturated rings. The van der Waals surface area contributed by atoms with Crippen molar-refractivity contribution in [2.24, 2.45) is 0 Å². The number of nitrogens with one attached hydrogen (secondary N) is 1. The van der Waals surface area contributed by atoms with E-state index >= 15 is 0 Å². The predicted molar refractivity (Wildman–Crippen MR) is 131 cm³/mol. The average molecular weight is 498 g/mol. The second-order valence-electron chi connectivity index (χ2n) is 7.32. The van der Waals surface area contributed by atoms with Gasteiger partial charge < -0.3 is 47.9 Å². The third kappa shape index (κ3) is 31.6. The van der Waals surface area contributed by atoms with Crippen molar-refractivity contribution in [3.8, 4) is 0 Å². The normalized spacial score (nSPS) is 11.5. The van der Waals surface area contributed by atoms with Crippen LogP contribution in [-0.4, -0.2) is 133 Å². The first-order valence-electron chi connectivity index (χ1n) is 12.8. The third-order valence-corrected chi connectivity index (χ3v) is 4.36. The lowest BCUT2D eigenvalue weighted by molar-refractivity contribution is -0.0249. The minimum Gasteiger partial charge on any atom is -0.379 e. The smallest absolute Gasteiger partial charge is 0.0701 e. The Kier molecular flexibility index (Phi) is 32.2. The summed E-state index contributed by atoms with van der Waals surface area (Å²) in [6, 6.07) is 0. The fourth-order valence-corrected chi connectivity index (χ4v) is 2.49. The number of ether oxygens (including phenoxy) is 9. The molecule has 0 rings (SSSR count). The summed E-state index contributed by atoms with van der Waals surface area (Å²) in [6.07, 6.45) is 3.56. The van der Waals surface area contributed by atoms with Crippen molar-refractivity contribution in [1.82, 2.24) is 5.32 Å². The SMILES string of the molecule is CCCCCOCCOCCOCCOCCOCCOCCOCCOCCOCCNC. The molecule has 0 aliphatic rings. The van der Waals surface area contributed by atoms with Crippen LogP contribution in [0.25, 0.3) is 0 Å². The molecular weight excluding hydrogens is 446 g/mol. The Balaban J connectivity index is 2.99. The van der Waals surface area contributed by atoms with E-state index in [1.807, 2.05) is 7.05 Å². The zero-order valence-electron chi connectivity index (χ0n) is 21.7. The molecule has 10 heteroatoms. The molecule has 0 heterocycles. The molecule has 0 saturated carbocycles. The molecule has 0 bridgehead atoms. The maximum absolute atomic E-state index is 5.47. The Bertz CT molecular complexity index is 322. The lowest BCUT2D eigenvalue weighted by Gasteiger charge is -2.09. The Hall–Kier alpha value is -0.400. The van der Waals surface area contributed by atoms with Crippen LogP contribution in [0, 0.1) is 0 Å². The lowest BCUT2D eigenvalue weighted by atomic mass is 10.3. The van der Waals surface area contributed by atoms with Gasteiger partial charge in [-0.3, -0.25) is 0 Å². The van der Waals surface area contributed by atoms with Gasteiger partial charge in [0, 0.05) is 13.2 Å². The number of hydrogen-bond donors (Lipinski definition) is 1. The monoisotopic (exact) mass is 497 g/mol. The van der Waals surface area contributed by atoms with Crippen LogP contribution in [0.15, 0.2) is 0 Å². The molecule has 0 radical (unpaired) electrons. The van der Waals surface area contributed by atoms with Gasteiger partial charge >= 0.3 is 0 Å². The van der Waals surface area contributed by atoms with Gasteiger partial charge in [-0.25, -0.2) is 0 Å². The van der Waals surface area contributed by atoms with E-state index in [1.165, 1.54) is 12.8 Å². The predicted octanol–water partition coefficient (Wildman–Crippen LogP) is 1.55. The van der Waals surface area contributed by atoms with E-state index in [-0.39, 0.29) is 0 Å². The van der Waals surface area contributed by atoms with E-state index in [2.05, 4.69) is 12.2 Å². The molecule has 206 valence electrons. The molecule has 0 amide bonds. The van der Waals surface area contributed by atoms with Crippen molar-refractivity contribution in [1.29, 1.82) is 0 Å². The highest BCUT2D eigenvalue weighted by atomic mass is 16.6. The van der Waals surface area contributed by atoms with Gasteiger partial charge in [-0.2, -0.15) is 0 Å². The molecule has 0 aromatic rings. The summed E-state index contributed by atoms with van der Waals surface area (Å²) in [7, 11) is 1.90. The fraction of sp³-hybridized carbons (Fsp3) is 1.00. The van der Waals surface area contributed by atoms with Gasteiger partial charge in [0.25, 0.3) is 0 Å². The van der Waals surface area contributed by atoms with Crippen LogP contribution in [0.4, 0.5) is 0 Å². The summed E-state index contributed by atoms with van der Waals surface area (Å²) in [6.45, 7) is 13.6. The number of likely N-dealkylation sites (N-methyl/N-ethyl adjacent to an activating group) is 1. The maximum Gasteiger partial charge on any atom is 0.0701 e. The van der Waals surface area contributed by atoms with Gasteiger partial charge in [0.05, 0.1) is 112 Å². The summed E-state index contributed by atoms with van der Waals surface area (Å²) in [5, 5.41) is 3.02. The summed E-state index contributed by atoms with van der Waals surface area (Å²) < 4.78 is 48.9. The highest BCUT2D eigenvalue weighted by Gasteiger charge is 1.95. The van der Waals surface area contributed by atoms with Crippen molar-refractivity contribution >= 4 is 0 Å². The van der Waals surface area contributed by atoms with Crippen LogP contribution in [-0.2, 0) is 42.6 Å². The molecule has 0 aromatic carbocycles. The number of rotatable bonds is 31. The first kappa shape index (κ1) is 33.6. The first-order valence-corrected chi connectivity index (χ1v) is 12.8. The minimum atomic E-state index is 0.538. The average Bonchev–Trinajstić information content (AvgIpc) is 2.85. The van der Waals surface area contributed by atoms with Gasteiger partial charge in [0.1, 0.15) is 0 Å². The Morgan fingerprint density at radius 2 is 0.618 bits per heavy atom. The van der Waals surface area contributed by atoms with Gasteiger partial charge in [0.2, 0.25) is 0 Å². The van der Waals surface area contributed by atoms with Crippen LogP contribution < -0.4 is 5.32 Å². The van der Waals surface area contributed by atoms with E-state index < -0.39 is 0 Å². The van der Waals surface area contributed by atoms with Crippen molar-refractivity contribution in [2.45, 2.75) is 26.2 Å². The fourth-order valence-electron chi connectivity index (χ4n) is 2.49. The second-order valence-corrected chi connectivity index (χ2v) is 7.32. The quantitative estimate of drug-likeness (QED) is 0.142. The van der Waals surface area contributed by atoms with Crippen LogP contribution >= 0.6 is 0 Å². The van der Waals surface area contributed by atoms with Crippen molar-refractivity contribution in [3.05, 3.63) is 0 Å². The molecule has 0 spiro atoms. The largest absolute Gasteiger partial charge is 0.379 e. The van der Waals surface area contributed by atoms with Gasteiger partial charge in [0.15, 0.2) is 0 Å². The topological polar surface area (TPSA) is 95.1 Å². The highest BCUT2D eigenvalue weighted by Crippen LogP contribution is 1.94. The molecule has 0 unspecified atom stereocenters. The van der Waals surface area contributed by atoms with Crippen LogP contribution in [0.5, 0.6) is 0 Å². The van der Waals surface area contributed by atoms with E-state index in [9.17, 15) is 0 Å². The summed E-state index contributed by atoms with van der Waals surface area (Å²) in [5.41, 5.74) is 0. The number of hydrogen-bond acceptors (Lipinski definition) is 10. The lowest BCUT2D eigenvalue weighted by Crippen LogP contribution is -2.17. The van der Waals surface area contributed by atoms with E-state index in [4.69, 9.17) is 42.6 Å². The zero-order chi connectivity index (χ0) is 24.6. The van der Waals surface area contributed by atoms with Crippen LogP contribution in [0.2, 0.25) is 0 Å². The second kappa shape index (κ2) is 32.6. The molecule has 0 saturated heterocycles. The van der Waals surface area contributed by atoms with Gasteiger partial charge in [-0.15, -0.1) is 0 Å². The van der Waals surface area contributed by atoms with Crippen LogP contribution in [0.3, 0.4) is 0 Å². The Morgan fingerprint density at radius 3 is 0.882 bits per heavy atom. The van der Waals surface area contributed by atoms with E-state index in [0.717, 1.165) is 19.6 Å². The Morgan fingerprint density at radius 1 is 0.353 bits per heavy atom. The van der Waals surface area contributed by atoms with Gasteiger partial charge in [-0.05, 0) is 13.5 Å². The van der Waals surface area contributed by atoms with Crippen LogP contribution in [0.1, 0.15) is 26.2 Å². The van der Waals surface area contributed by atoms with Crippen molar-refractivity contribution in [2.75, 3.05) is 133 Å². The minimum absolute atomic E-state index is 0.538. The molecule has 0 aliphatic carbocycles. The third-order valence-electron chi connectivity index (χ3n) is 4.36. The molecular formula is C24H51NO9. The maximum atomic E-state index is 5.47. The first-order chi connectivity index (χ1) is 16.9. The molecule has 1 N–H and O–H groups in total. The van der Waals surface area contributed by atoms with Crippen molar-refractivity contribution < 1.29 is 42.6 Å². The standard InChI is InChI=1S/C24H51NO9/c1-3-4-5-7-26-9-11-28-13-15-30-17-19-32-21-23-34-24-22-33-20-18-31-16-14-29-12-10-27-8-6-25-2/h25H,3-24H2,1-2H3. The van der Waals surface area contributed by atoms with E-state index in [1.54, 1.807) is 0 Å². The number of unbranched alkanes of at least 4 members (excludes halogenated alkanes) is 2.